The number of sulfone groups is 1. The van der Waals surface area contributed by atoms with Crippen LogP contribution in [0.1, 0.15) is 29.3 Å². The van der Waals surface area contributed by atoms with Crippen LogP contribution in [0.4, 0.5) is 0 Å². The molecule has 0 spiro atoms. The van der Waals surface area contributed by atoms with Crippen molar-refractivity contribution in [3.8, 4) is 6.07 Å². The maximum atomic E-state index is 12.0. The SMILES string of the molecule is C[C@@H](OC(=O)c1cccc(C#N)c1)C(=O)N[C@@H]1CCS(=O)(=O)C1. The molecule has 0 aromatic heterocycles. The van der Waals surface area contributed by atoms with Gasteiger partial charge >= 0.3 is 5.97 Å². The molecule has 1 N–H and O–H groups in total. The van der Waals surface area contributed by atoms with Crippen LogP contribution in [-0.2, 0) is 19.4 Å². The molecule has 122 valence electrons. The number of ether oxygens (including phenoxy) is 1. The van der Waals surface area contributed by atoms with Crippen molar-refractivity contribution in [3.63, 3.8) is 0 Å². The van der Waals surface area contributed by atoms with Gasteiger partial charge in [0.25, 0.3) is 5.91 Å². The van der Waals surface area contributed by atoms with E-state index in [-0.39, 0.29) is 17.1 Å². The van der Waals surface area contributed by atoms with Crippen LogP contribution in [0.3, 0.4) is 0 Å². The van der Waals surface area contributed by atoms with E-state index in [0.717, 1.165) is 0 Å². The monoisotopic (exact) mass is 336 g/mol. The highest BCUT2D eigenvalue weighted by atomic mass is 32.2. The normalized spacial score (nSPS) is 20.3. The van der Waals surface area contributed by atoms with Crippen molar-refractivity contribution in [2.24, 2.45) is 0 Å². The topological polar surface area (TPSA) is 113 Å². The lowest BCUT2D eigenvalue weighted by molar-refractivity contribution is -0.129. The number of rotatable bonds is 4. The summed E-state index contributed by atoms with van der Waals surface area (Å²) in [4.78, 5) is 23.9. The molecule has 2 atom stereocenters. The van der Waals surface area contributed by atoms with Crippen LogP contribution in [0.5, 0.6) is 0 Å². The van der Waals surface area contributed by atoms with Gasteiger partial charge in [-0.05, 0) is 31.5 Å². The average molecular weight is 336 g/mol. The van der Waals surface area contributed by atoms with Gasteiger partial charge in [-0.1, -0.05) is 6.07 Å². The first-order valence-corrected chi connectivity index (χ1v) is 8.85. The number of hydrogen-bond donors (Lipinski definition) is 1. The van der Waals surface area contributed by atoms with Gasteiger partial charge < -0.3 is 10.1 Å². The summed E-state index contributed by atoms with van der Waals surface area (Å²) in [6.07, 6.45) is -0.699. The molecule has 1 aliphatic rings. The maximum absolute atomic E-state index is 12.0. The Labute approximate surface area is 134 Å². The fourth-order valence-corrected chi connectivity index (χ4v) is 3.90. The van der Waals surface area contributed by atoms with E-state index >= 15 is 0 Å². The Morgan fingerprint density at radius 3 is 2.78 bits per heavy atom. The first-order chi connectivity index (χ1) is 10.8. The average Bonchev–Trinajstić information content (AvgIpc) is 2.85. The Hall–Kier alpha value is -2.40. The van der Waals surface area contributed by atoms with Crippen LogP contribution < -0.4 is 5.32 Å². The number of nitrogens with zero attached hydrogens (tertiary/aromatic N) is 1. The summed E-state index contributed by atoms with van der Waals surface area (Å²) in [5, 5.41) is 11.4. The van der Waals surface area contributed by atoms with Crippen molar-refractivity contribution >= 4 is 21.7 Å². The number of nitriles is 1. The quantitative estimate of drug-likeness (QED) is 0.797. The molecule has 23 heavy (non-hydrogen) atoms. The Bertz CT molecular complexity index is 766. The van der Waals surface area contributed by atoms with Gasteiger partial charge in [0.05, 0.1) is 28.7 Å². The zero-order valence-corrected chi connectivity index (χ0v) is 13.3. The molecule has 1 aromatic rings. The van der Waals surface area contributed by atoms with E-state index in [1.165, 1.54) is 19.1 Å². The van der Waals surface area contributed by atoms with E-state index in [9.17, 15) is 18.0 Å². The Morgan fingerprint density at radius 2 is 2.17 bits per heavy atom. The number of amides is 1. The summed E-state index contributed by atoms with van der Waals surface area (Å²) >= 11 is 0. The van der Waals surface area contributed by atoms with Gasteiger partial charge in [-0.15, -0.1) is 0 Å². The smallest absolute Gasteiger partial charge is 0.338 e. The molecule has 0 bridgehead atoms. The summed E-state index contributed by atoms with van der Waals surface area (Å²) < 4.78 is 27.8. The zero-order chi connectivity index (χ0) is 17.0. The minimum Gasteiger partial charge on any atom is -0.449 e. The lowest BCUT2D eigenvalue weighted by atomic mass is 10.1. The van der Waals surface area contributed by atoms with Crippen LogP contribution in [0.2, 0.25) is 0 Å². The first kappa shape index (κ1) is 17.0. The fourth-order valence-electron chi connectivity index (χ4n) is 2.23. The second-order valence-electron chi connectivity index (χ2n) is 5.35. The van der Waals surface area contributed by atoms with E-state index < -0.39 is 33.9 Å². The molecule has 8 heteroatoms. The summed E-state index contributed by atoms with van der Waals surface area (Å²) in [6.45, 7) is 1.41. The van der Waals surface area contributed by atoms with Crippen molar-refractivity contribution in [2.75, 3.05) is 11.5 Å². The summed E-state index contributed by atoms with van der Waals surface area (Å²) in [6, 6.07) is 7.41. The predicted molar refractivity (Wildman–Crippen MR) is 81.2 cm³/mol. The van der Waals surface area contributed by atoms with Gasteiger partial charge in [-0.25, -0.2) is 13.2 Å². The number of carbonyl (C=O) groups is 2. The van der Waals surface area contributed by atoms with E-state index in [2.05, 4.69) is 5.32 Å². The Kier molecular flexibility index (Phi) is 5.01. The van der Waals surface area contributed by atoms with Gasteiger partial charge in [0.15, 0.2) is 15.9 Å². The van der Waals surface area contributed by atoms with E-state index in [1.807, 2.05) is 6.07 Å². The Morgan fingerprint density at radius 1 is 1.43 bits per heavy atom. The van der Waals surface area contributed by atoms with Crippen LogP contribution in [-0.4, -0.2) is 43.9 Å². The molecule has 1 amide bonds. The molecule has 2 rings (SSSR count). The van der Waals surface area contributed by atoms with Gasteiger partial charge in [-0.2, -0.15) is 5.26 Å². The number of esters is 1. The number of nitrogens with one attached hydrogen (secondary N) is 1. The van der Waals surface area contributed by atoms with Gasteiger partial charge in [0.2, 0.25) is 0 Å². The minimum atomic E-state index is -3.09. The predicted octanol–water partition coefficient (Wildman–Crippen LogP) is 0.407. The molecule has 0 unspecified atom stereocenters. The van der Waals surface area contributed by atoms with Crippen LogP contribution in [0.15, 0.2) is 24.3 Å². The lowest BCUT2D eigenvalue weighted by Crippen LogP contribution is -2.42. The minimum absolute atomic E-state index is 0.0487. The highest BCUT2D eigenvalue weighted by molar-refractivity contribution is 7.91. The summed E-state index contributed by atoms with van der Waals surface area (Å²) in [7, 11) is -3.09. The van der Waals surface area contributed by atoms with Crippen molar-refractivity contribution in [1.29, 1.82) is 5.26 Å². The highest BCUT2D eigenvalue weighted by Gasteiger charge is 2.30. The molecule has 0 aliphatic carbocycles. The molecule has 0 radical (unpaired) electrons. The third kappa shape index (κ3) is 4.53. The second kappa shape index (κ2) is 6.79. The molecule has 7 nitrogen and oxygen atoms in total. The summed E-state index contributed by atoms with van der Waals surface area (Å²) in [5.41, 5.74) is 0.486. The van der Waals surface area contributed by atoms with E-state index in [4.69, 9.17) is 10.00 Å². The molecular weight excluding hydrogens is 320 g/mol. The van der Waals surface area contributed by atoms with Crippen molar-refractivity contribution in [2.45, 2.75) is 25.5 Å². The first-order valence-electron chi connectivity index (χ1n) is 7.02. The van der Waals surface area contributed by atoms with E-state index in [0.29, 0.717) is 12.0 Å². The maximum Gasteiger partial charge on any atom is 0.338 e. The highest BCUT2D eigenvalue weighted by Crippen LogP contribution is 2.12. The molecule has 1 aromatic carbocycles. The third-order valence-electron chi connectivity index (χ3n) is 3.46. The van der Waals surface area contributed by atoms with Crippen LogP contribution in [0.25, 0.3) is 0 Å². The van der Waals surface area contributed by atoms with Crippen molar-refractivity contribution in [3.05, 3.63) is 35.4 Å². The molecule has 0 saturated carbocycles. The van der Waals surface area contributed by atoms with E-state index in [1.54, 1.807) is 12.1 Å². The van der Waals surface area contributed by atoms with Crippen molar-refractivity contribution in [1.82, 2.24) is 5.32 Å². The lowest BCUT2D eigenvalue weighted by Gasteiger charge is -2.16. The van der Waals surface area contributed by atoms with Crippen molar-refractivity contribution < 1.29 is 22.7 Å². The van der Waals surface area contributed by atoms with Gasteiger partial charge in [0, 0.05) is 6.04 Å². The second-order valence-corrected chi connectivity index (χ2v) is 7.58. The molecule has 1 fully saturated rings. The third-order valence-corrected chi connectivity index (χ3v) is 5.23. The fraction of sp³-hybridized carbons (Fsp3) is 0.400. The number of hydrogen-bond acceptors (Lipinski definition) is 6. The molecule has 1 aliphatic heterocycles. The largest absolute Gasteiger partial charge is 0.449 e. The summed E-state index contributed by atoms with van der Waals surface area (Å²) in [5.74, 6) is -1.31. The number of benzene rings is 1. The number of carbonyl (C=O) groups excluding carboxylic acids is 2. The molecule has 1 saturated heterocycles. The molecule has 1 heterocycles. The standard InChI is InChI=1S/C15H16N2O5S/c1-10(14(18)17-13-5-6-23(20,21)9-13)22-15(19)12-4-2-3-11(7-12)8-16/h2-4,7,10,13H,5-6,9H2,1H3,(H,17,18)/t10-,13-/m1/s1. The van der Waals surface area contributed by atoms with Gasteiger partial charge in [-0.3, -0.25) is 4.79 Å². The van der Waals surface area contributed by atoms with Crippen LogP contribution in [0, 0.1) is 11.3 Å². The van der Waals surface area contributed by atoms with Crippen LogP contribution >= 0.6 is 0 Å². The molecular formula is C15H16N2O5S. The van der Waals surface area contributed by atoms with Gasteiger partial charge in [0.1, 0.15) is 0 Å². The zero-order valence-electron chi connectivity index (χ0n) is 12.5. The Balaban J connectivity index is 1.93.